The molecule has 0 spiro atoms. The fourth-order valence-corrected chi connectivity index (χ4v) is 5.03. The van der Waals surface area contributed by atoms with Crippen LogP contribution >= 0.6 is 35.3 Å². The van der Waals surface area contributed by atoms with Crippen molar-refractivity contribution in [1.29, 1.82) is 0 Å². The molecule has 2 aliphatic rings. The van der Waals surface area contributed by atoms with Crippen molar-refractivity contribution in [2.24, 2.45) is 5.92 Å². The van der Waals surface area contributed by atoms with Gasteiger partial charge in [0, 0.05) is 30.9 Å². The summed E-state index contributed by atoms with van der Waals surface area (Å²) in [7, 11) is 0. The Labute approximate surface area is 162 Å². The molecule has 0 aliphatic carbocycles. The van der Waals surface area contributed by atoms with E-state index in [0.717, 1.165) is 30.8 Å². The Morgan fingerprint density at radius 2 is 2.16 bits per heavy atom. The summed E-state index contributed by atoms with van der Waals surface area (Å²) in [4.78, 5) is 30.1. The zero-order valence-electron chi connectivity index (χ0n) is 14.3. The van der Waals surface area contributed by atoms with E-state index in [1.165, 1.54) is 11.8 Å². The van der Waals surface area contributed by atoms with Crippen molar-refractivity contribution in [2.75, 3.05) is 19.6 Å². The quantitative estimate of drug-likeness (QED) is 0.559. The fourth-order valence-electron chi connectivity index (χ4n) is 3.00. The molecule has 2 fully saturated rings. The lowest BCUT2D eigenvalue weighted by Gasteiger charge is -2.30. The van der Waals surface area contributed by atoms with Gasteiger partial charge in [-0.1, -0.05) is 37.0 Å². The van der Waals surface area contributed by atoms with Gasteiger partial charge in [0.15, 0.2) is 0 Å². The lowest BCUT2D eigenvalue weighted by molar-refractivity contribution is -0.133. The number of thiocarbonyl (C=S) groups is 1. The first-order chi connectivity index (χ1) is 12.0. The second-order valence-corrected chi connectivity index (χ2v) is 9.17. The van der Waals surface area contributed by atoms with E-state index >= 15 is 0 Å². The molecule has 3 rings (SSSR count). The van der Waals surface area contributed by atoms with E-state index in [4.69, 9.17) is 12.2 Å². The van der Waals surface area contributed by atoms with Gasteiger partial charge in [0.2, 0.25) is 5.91 Å². The van der Waals surface area contributed by atoms with E-state index in [1.807, 2.05) is 28.5 Å². The van der Waals surface area contributed by atoms with Crippen LogP contribution in [-0.2, 0) is 9.59 Å². The number of rotatable bonds is 5. The van der Waals surface area contributed by atoms with Crippen LogP contribution in [0.4, 0.5) is 0 Å². The molecule has 0 aromatic carbocycles. The summed E-state index contributed by atoms with van der Waals surface area (Å²) >= 11 is 8.29. The molecule has 2 amide bonds. The number of nitrogens with zero attached hydrogens (tertiary/aromatic N) is 2. The van der Waals surface area contributed by atoms with Crippen molar-refractivity contribution in [3.63, 3.8) is 0 Å². The van der Waals surface area contributed by atoms with Gasteiger partial charge < -0.3 is 4.90 Å². The van der Waals surface area contributed by atoms with Crippen LogP contribution in [0, 0.1) is 5.92 Å². The number of piperidine rings is 1. The SMILES string of the molecule is CC1CCN(C(=O)CCCN2C(=O)C(=Cc3cccs3)SC2=S)CC1. The number of thiophene rings is 1. The molecule has 2 aliphatic heterocycles. The van der Waals surface area contributed by atoms with Crippen LogP contribution in [0.1, 0.15) is 37.5 Å². The van der Waals surface area contributed by atoms with E-state index in [0.29, 0.717) is 34.5 Å². The Morgan fingerprint density at radius 1 is 1.40 bits per heavy atom. The largest absolute Gasteiger partial charge is 0.343 e. The smallest absolute Gasteiger partial charge is 0.266 e. The number of likely N-dealkylation sites (tertiary alicyclic amines) is 1. The molecule has 134 valence electrons. The molecule has 0 saturated carbocycles. The predicted octanol–water partition coefficient (Wildman–Crippen LogP) is 3.99. The highest BCUT2D eigenvalue weighted by Crippen LogP contribution is 2.33. The van der Waals surface area contributed by atoms with Crippen molar-refractivity contribution in [2.45, 2.75) is 32.6 Å². The number of carbonyl (C=O) groups is 2. The Bertz CT molecular complexity index is 677. The van der Waals surface area contributed by atoms with Gasteiger partial charge in [-0.15, -0.1) is 11.3 Å². The third kappa shape index (κ3) is 4.71. The molecule has 4 nitrogen and oxygen atoms in total. The van der Waals surface area contributed by atoms with Gasteiger partial charge in [0.1, 0.15) is 4.32 Å². The molecule has 3 heterocycles. The zero-order valence-corrected chi connectivity index (χ0v) is 16.7. The van der Waals surface area contributed by atoms with Crippen LogP contribution in [0.2, 0.25) is 0 Å². The Morgan fingerprint density at radius 3 is 2.84 bits per heavy atom. The number of hydrogen-bond acceptors (Lipinski definition) is 5. The predicted molar refractivity (Wildman–Crippen MR) is 108 cm³/mol. The average Bonchev–Trinajstić information content (AvgIpc) is 3.19. The average molecular weight is 395 g/mol. The van der Waals surface area contributed by atoms with Gasteiger partial charge in [-0.3, -0.25) is 14.5 Å². The first-order valence-electron chi connectivity index (χ1n) is 8.61. The van der Waals surface area contributed by atoms with Crippen molar-refractivity contribution in [1.82, 2.24) is 9.80 Å². The van der Waals surface area contributed by atoms with Crippen molar-refractivity contribution in [3.05, 3.63) is 27.3 Å². The van der Waals surface area contributed by atoms with Gasteiger partial charge in [-0.05, 0) is 42.7 Å². The first kappa shape index (κ1) is 18.6. The van der Waals surface area contributed by atoms with E-state index in [1.54, 1.807) is 16.2 Å². The second-order valence-electron chi connectivity index (χ2n) is 6.52. The number of carbonyl (C=O) groups excluding carboxylic acids is 2. The van der Waals surface area contributed by atoms with Crippen molar-refractivity contribution >= 4 is 57.5 Å². The molecule has 25 heavy (non-hydrogen) atoms. The Kier molecular flexibility index (Phi) is 6.30. The minimum atomic E-state index is -0.0392. The highest BCUT2D eigenvalue weighted by molar-refractivity contribution is 8.26. The summed E-state index contributed by atoms with van der Waals surface area (Å²) in [5.41, 5.74) is 0. The summed E-state index contributed by atoms with van der Waals surface area (Å²) in [6.07, 6.45) is 5.21. The molecule has 1 aromatic heterocycles. The minimum absolute atomic E-state index is 0.0392. The number of amides is 2. The molecule has 0 N–H and O–H groups in total. The summed E-state index contributed by atoms with van der Waals surface area (Å²) in [5.74, 6) is 0.878. The van der Waals surface area contributed by atoms with Gasteiger partial charge in [-0.25, -0.2) is 0 Å². The van der Waals surface area contributed by atoms with Crippen molar-refractivity contribution in [3.8, 4) is 0 Å². The highest BCUT2D eigenvalue weighted by atomic mass is 32.2. The van der Waals surface area contributed by atoms with Crippen molar-refractivity contribution < 1.29 is 9.59 Å². The zero-order chi connectivity index (χ0) is 17.8. The van der Waals surface area contributed by atoms with Crippen LogP contribution in [0.3, 0.4) is 0 Å². The molecule has 1 aromatic rings. The lowest BCUT2D eigenvalue weighted by Crippen LogP contribution is -2.38. The number of thioether (sulfide) groups is 1. The molecule has 0 atom stereocenters. The molecular weight excluding hydrogens is 372 g/mol. The summed E-state index contributed by atoms with van der Waals surface area (Å²) in [6, 6.07) is 3.94. The van der Waals surface area contributed by atoms with Crippen LogP contribution in [0.25, 0.3) is 6.08 Å². The Balaban J connectivity index is 1.49. The van der Waals surface area contributed by atoms with E-state index in [9.17, 15) is 9.59 Å². The van der Waals surface area contributed by atoms with Gasteiger partial charge in [0.05, 0.1) is 4.91 Å². The van der Waals surface area contributed by atoms with Gasteiger partial charge in [-0.2, -0.15) is 0 Å². The third-order valence-electron chi connectivity index (χ3n) is 4.60. The third-order valence-corrected chi connectivity index (χ3v) is 6.80. The molecule has 0 bridgehead atoms. The normalized spacial score (nSPS) is 20.8. The topological polar surface area (TPSA) is 40.6 Å². The first-order valence-corrected chi connectivity index (χ1v) is 10.7. The van der Waals surface area contributed by atoms with Crippen LogP contribution in [0.5, 0.6) is 0 Å². The van der Waals surface area contributed by atoms with Crippen LogP contribution < -0.4 is 0 Å². The summed E-state index contributed by atoms with van der Waals surface area (Å²) in [5, 5.41) is 1.99. The minimum Gasteiger partial charge on any atom is -0.343 e. The highest BCUT2D eigenvalue weighted by Gasteiger charge is 2.32. The molecular formula is C18H22N2O2S3. The molecule has 2 saturated heterocycles. The lowest BCUT2D eigenvalue weighted by atomic mass is 9.99. The maximum absolute atomic E-state index is 12.5. The monoisotopic (exact) mass is 394 g/mol. The van der Waals surface area contributed by atoms with Gasteiger partial charge in [0.25, 0.3) is 5.91 Å². The van der Waals surface area contributed by atoms with Crippen LogP contribution in [0.15, 0.2) is 22.4 Å². The maximum Gasteiger partial charge on any atom is 0.266 e. The second kappa shape index (κ2) is 8.47. The van der Waals surface area contributed by atoms with Gasteiger partial charge >= 0.3 is 0 Å². The van der Waals surface area contributed by atoms with E-state index in [-0.39, 0.29) is 11.8 Å². The maximum atomic E-state index is 12.5. The molecule has 0 radical (unpaired) electrons. The van der Waals surface area contributed by atoms with Crippen LogP contribution in [-0.4, -0.2) is 45.6 Å². The molecule has 0 unspecified atom stereocenters. The Hall–Kier alpha value is -1.18. The van der Waals surface area contributed by atoms with E-state index < -0.39 is 0 Å². The summed E-state index contributed by atoms with van der Waals surface area (Å²) < 4.78 is 0.590. The summed E-state index contributed by atoms with van der Waals surface area (Å²) in [6.45, 7) is 4.48. The fraction of sp³-hybridized carbons (Fsp3) is 0.500. The van der Waals surface area contributed by atoms with E-state index in [2.05, 4.69) is 6.92 Å². The number of hydrogen-bond donors (Lipinski definition) is 0. The standard InChI is InChI=1S/C18H22N2O2S3/c1-13-6-9-19(10-7-13)16(21)5-2-8-20-17(22)15(25-18(20)23)12-14-4-3-11-24-14/h3-4,11-13H,2,5-10H2,1H3. The molecule has 7 heteroatoms.